The van der Waals surface area contributed by atoms with Crippen LogP contribution in [0.25, 0.3) is 22.6 Å². The van der Waals surface area contributed by atoms with Crippen molar-refractivity contribution in [2.75, 3.05) is 0 Å². The van der Waals surface area contributed by atoms with Crippen molar-refractivity contribution in [2.24, 2.45) is 10.2 Å². The van der Waals surface area contributed by atoms with E-state index in [0.717, 1.165) is 11.1 Å². The Labute approximate surface area is 206 Å². The number of hydrogen-bond donors (Lipinski definition) is 2. The van der Waals surface area contributed by atoms with E-state index in [1.54, 1.807) is 60.7 Å². The molecule has 0 saturated heterocycles. The van der Waals surface area contributed by atoms with Crippen LogP contribution in [0.5, 0.6) is 0 Å². The Kier molecular flexibility index (Phi) is 7.30. The molecule has 2 amide bonds. The lowest BCUT2D eigenvalue weighted by molar-refractivity contribution is 0.100. The number of urea groups is 1. The van der Waals surface area contributed by atoms with Crippen molar-refractivity contribution in [3.05, 3.63) is 95.4 Å². The second-order valence-corrected chi connectivity index (χ2v) is 7.75. The first-order valence-corrected chi connectivity index (χ1v) is 10.9. The molecule has 9 heteroatoms. The largest absolute Gasteiger partial charge is 0.455 e. The predicted molar refractivity (Wildman–Crippen MR) is 135 cm³/mol. The Hall–Kier alpha value is -5.05. The van der Waals surface area contributed by atoms with E-state index >= 15 is 0 Å². The van der Waals surface area contributed by atoms with Gasteiger partial charge < -0.3 is 8.83 Å². The van der Waals surface area contributed by atoms with Gasteiger partial charge in [-0.05, 0) is 50.2 Å². The third-order valence-corrected chi connectivity index (χ3v) is 5.08. The summed E-state index contributed by atoms with van der Waals surface area (Å²) in [5.41, 5.74) is 7.25. The van der Waals surface area contributed by atoms with Gasteiger partial charge in [-0.1, -0.05) is 36.4 Å². The molecule has 2 aromatic heterocycles. The number of hydrazone groups is 2. The fourth-order valence-corrected chi connectivity index (χ4v) is 3.27. The van der Waals surface area contributed by atoms with Gasteiger partial charge in [-0.2, -0.15) is 10.2 Å². The van der Waals surface area contributed by atoms with Crippen molar-refractivity contribution in [2.45, 2.75) is 13.8 Å². The zero-order chi connectivity index (χ0) is 25.5. The number of nitrogens with zero attached hydrogens (tertiary/aromatic N) is 2. The molecule has 0 radical (unpaired) electrons. The van der Waals surface area contributed by atoms with Crippen molar-refractivity contribution in [3.8, 4) is 22.6 Å². The summed E-state index contributed by atoms with van der Waals surface area (Å²) in [5, 5.41) is 7.65. The van der Waals surface area contributed by atoms with Crippen molar-refractivity contribution < 1.29 is 23.2 Å². The molecule has 0 aliphatic rings. The highest BCUT2D eigenvalue weighted by atomic mass is 16.3. The van der Waals surface area contributed by atoms with E-state index in [1.165, 1.54) is 26.3 Å². The van der Waals surface area contributed by atoms with Gasteiger partial charge in [-0.15, -0.1) is 0 Å². The molecule has 0 bridgehead atoms. The molecule has 0 saturated carbocycles. The zero-order valence-corrected chi connectivity index (χ0v) is 19.5. The summed E-state index contributed by atoms with van der Waals surface area (Å²) in [4.78, 5) is 35.0. The first-order valence-electron chi connectivity index (χ1n) is 10.9. The summed E-state index contributed by atoms with van der Waals surface area (Å²) in [5.74, 6) is 1.90. The van der Waals surface area contributed by atoms with Crippen LogP contribution in [-0.2, 0) is 0 Å². The fourth-order valence-electron chi connectivity index (χ4n) is 3.27. The molecule has 2 N–H and O–H groups in total. The van der Waals surface area contributed by atoms with E-state index in [-0.39, 0.29) is 11.6 Å². The molecule has 4 aromatic rings. The maximum atomic E-state index is 11.9. The lowest BCUT2D eigenvalue weighted by Gasteiger charge is -2.00. The minimum absolute atomic E-state index is 0.0324. The van der Waals surface area contributed by atoms with E-state index < -0.39 is 6.03 Å². The van der Waals surface area contributed by atoms with Gasteiger partial charge in [-0.3, -0.25) is 9.59 Å². The van der Waals surface area contributed by atoms with Crippen LogP contribution in [0, 0.1) is 0 Å². The molecule has 0 unspecified atom stereocenters. The summed E-state index contributed by atoms with van der Waals surface area (Å²) in [6.45, 7) is 3.01. The van der Waals surface area contributed by atoms with E-state index in [2.05, 4.69) is 21.1 Å². The molecule has 4 rings (SSSR count). The standard InChI is InChI=1S/C27H22N4O5/c1-17(32)19-5-3-7-21(13-19)25-11-9-23(35-25)15-28-30-27(34)31-29-16-24-10-12-26(36-24)22-8-4-6-20(14-22)18(2)33/h3-16H,1-2H3,(H2,30,31,34)/b28-15-,29-16?. The molecular weight excluding hydrogens is 460 g/mol. The third-order valence-electron chi connectivity index (χ3n) is 5.08. The number of furan rings is 2. The Bertz CT molecular complexity index is 1370. The van der Waals surface area contributed by atoms with E-state index in [4.69, 9.17) is 8.83 Å². The number of rotatable bonds is 8. The molecule has 36 heavy (non-hydrogen) atoms. The number of carbonyl (C=O) groups is 3. The molecule has 0 aliphatic heterocycles. The maximum Gasteiger partial charge on any atom is 0.355 e. The zero-order valence-electron chi connectivity index (χ0n) is 19.5. The first kappa shape index (κ1) is 24.1. The van der Waals surface area contributed by atoms with Crippen LogP contribution in [0.3, 0.4) is 0 Å². The molecule has 0 spiro atoms. The summed E-state index contributed by atoms with van der Waals surface area (Å²) in [7, 11) is 0. The number of carbonyl (C=O) groups excluding carboxylic acids is 3. The highest BCUT2D eigenvalue weighted by Crippen LogP contribution is 2.24. The summed E-state index contributed by atoms with van der Waals surface area (Å²) in [6, 6.07) is 20.4. The van der Waals surface area contributed by atoms with Gasteiger partial charge in [-0.25, -0.2) is 15.6 Å². The summed E-state index contributed by atoms with van der Waals surface area (Å²) in [6.07, 6.45) is 2.69. The average molecular weight is 482 g/mol. The van der Waals surface area contributed by atoms with Crippen LogP contribution in [0.1, 0.15) is 46.1 Å². The van der Waals surface area contributed by atoms with Crippen molar-refractivity contribution >= 4 is 30.0 Å². The number of benzene rings is 2. The Morgan fingerprint density at radius 2 is 1.11 bits per heavy atom. The van der Waals surface area contributed by atoms with Crippen LogP contribution in [0.2, 0.25) is 0 Å². The molecule has 0 aliphatic carbocycles. The predicted octanol–water partition coefficient (Wildman–Crippen LogP) is 5.28. The smallest absolute Gasteiger partial charge is 0.355 e. The second-order valence-electron chi connectivity index (χ2n) is 7.75. The third kappa shape index (κ3) is 6.09. The number of amides is 2. The van der Waals surface area contributed by atoms with Gasteiger partial charge in [0.1, 0.15) is 23.0 Å². The van der Waals surface area contributed by atoms with Crippen molar-refractivity contribution in [3.63, 3.8) is 0 Å². The van der Waals surface area contributed by atoms with Gasteiger partial charge in [0.05, 0.1) is 12.4 Å². The maximum absolute atomic E-state index is 11.9. The van der Waals surface area contributed by atoms with E-state index in [1.807, 2.05) is 12.1 Å². The Morgan fingerprint density at radius 1 is 0.667 bits per heavy atom. The average Bonchev–Trinajstić information content (AvgIpc) is 3.54. The molecule has 2 aromatic carbocycles. The van der Waals surface area contributed by atoms with Gasteiger partial charge >= 0.3 is 6.03 Å². The molecule has 2 heterocycles. The van der Waals surface area contributed by atoms with Gasteiger partial charge in [0, 0.05) is 22.3 Å². The van der Waals surface area contributed by atoms with E-state index in [0.29, 0.717) is 34.2 Å². The van der Waals surface area contributed by atoms with Crippen LogP contribution in [0.15, 0.2) is 91.8 Å². The Morgan fingerprint density at radius 3 is 1.53 bits per heavy atom. The number of ketones is 2. The molecule has 180 valence electrons. The highest BCUT2D eigenvalue weighted by Gasteiger charge is 2.08. The van der Waals surface area contributed by atoms with Crippen LogP contribution >= 0.6 is 0 Å². The van der Waals surface area contributed by atoms with Crippen molar-refractivity contribution in [1.29, 1.82) is 0 Å². The lowest BCUT2D eigenvalue weighted by atomic mass is 10.1. The van der Waals surface area contributed by atoms with E-state index in [9.17, 15) is 14.4 Å². The van der Waals surface area contributed by atoms with Crippen LogP contribution < -0.4 is 10.9 Å². The van der Waals surface area contributed by atoms with Gasteiger partial charge in [0.25, 0.3) is 0 Å². The molecule has 0 fully saturated rings. The first-order chi connectivity index (χ1) is 17.4. The van der Waals surface area contributed by atoms with Gasteiger partial charge in [0.2, 0.25) is 0 Å². The quantitative estimate of drug-likeness (QED) is 0.201. The normalized spacial score (nSPS) is 11.2. The highest BCUT2D eigenvalue weighted by molar-refractivity contribution is 5.95. The van der Waals surface area contributed by atoms with Crippen molar-refractivity contribution in [1.82, 2.24) is 10.9 Å². The topological polar surface area (TPSA) is 126 Å². The summed E-state index contributed by atoms with van der Waals surface area (Å²) < 4.78 is 11.4. The van der Waals surface area contributed by atoms with Crippen LogP contribution in [-0.4, -0.2) is 30.0 Å². The SMILES string of the molecule is CC(=O)c1cccc(-c2ccc(C=NNC(=O)N/N=C\c3ccc(-c4cccc(C(C)=O)c4)o3)o2)c1. The lowest BCUT2D eigenvalue weighted by Crippen LogP contribution is -2.28. The number of nitrogens with one attached hydrogen (secondary N) is 2. The Balaban J connectivity index is 1.29. The number of hydrogen-bond acceptors (Lipinski definition) is 7. The minimum atomic E-state index is -0.663. The molecule has 9 nitrogen and oxygen atoms in total. The minimum Gasteiger partial charge on any atom is -0.455 e. The fraction of sp³-hybridized carbons (Fsp3) is 0.0741. The monoisotopic (exact) mass is 482 g/mol. The molecule has 0 atom stereocenters. The second kappa shape index (κ2) is 10.9. The summed E-state index contributed by atoms with van der Waals surface area (Å²) >= 11 is 0. The van der Waals surface area contributed by atoms with Crippen LogP contribution in [0.4, 0.5) is 4.79 Å². The van der Waals surface area contributed by atoms with Gasteiger partial charge in [0.15, 0.2) is 11.6 Å². The molecular formula is C27H22N4O5. The number of Topliss-reactive ketones (excluding diaryl/α,β-unsaturated/α-hetero) is 2.